The number of allylic oxidation sites excluding steroid dienone is 1. The number of amidine groups is 1. The summed E-state index contributed by atoms with van der Waals surface area (Å²) in [6, 6.07) is 8.10. The molecule has 168 valence electrons. The fourth-order valence-corrected chi connectivity index (χ4v) is 4.67. The van der Waals surface area contributed by atoms with Crippen LogP contribution >= 0.6 is 23.4 Å². The van der Waals surface area contributed by atoms with Crippen LogP contribution in [-0.4, -0.2) is 61.2 Å². The van der Waals surface area contributed by atoms with E-state index in [4.69, 9.17) is 21.7 Å². The van der Waals surface area contributed by atoms with Crippen LogP contribution in [0.2, 0.25) is 0 Å². The van der Waals surface area contributed by atoms with Crippen molar-refractivity contribution in [2.24, 2.45) is 0 Å². The molecule has 3 rings (SSSR count). The number of halogens is 1. The molecule has 2 heterocycles. The number of likely N-dealkylation sites (N-methyl/N-ethyl adjacent to an activating group) is 1. The smallest absolute Gasteiger partial charge is 0.233 e. The third-order valence-electron chi connectivity index (χ3n) is 5.28. The molecule has 1 amide bonds. The molecule has 2 aliphatic heterocycles. The van der Waals surface area contributed by atoms with Crippen molar-refractivity contribution in [2.45, 2.75) is 31.1 Å². The Labute approximate surface area is 193 Å². The SMILES string of the molecule is C=C1O[C@@H](CNC(=O)C2CC=C(Cl)S2)CN1c1ccc(NCCN(C)C(=N)CC)cc1. The number of rotatable bonds is 9. The minimum absolute atomic E-state index is 0.0142. The molecule has 0 radical (unpaired) electrons. The van der Waals surface area contributed by atoms with Crippen molar-refractivity contribution in [3.05, 3.63) is 47.2 Å². The summed E-state index contributed by atoms with van der Waals surface area (Å²) in [4.78, 5) is 16.2. The van der Waals surface area contributed by atoms with Gasteiger partial charge in [-0.15, -0.1) is 11.8 Å². The second-order valence-electron chi connectivity index (χ2n) is 7.54. The molecule has 7 nitrogen and oxygen atoms in total. The third kappa shape index (κ3) is 6.33. The Bertz CT molecular complexity index is 845. The number of carbonyl (C=O) groups is 1. The second-order valence-corrected chi connectivity index (χ2v) is 9.41. The number of amides is 1. The van der Waals surface area contributed by atoms with Gasteiger partial charge < -0.3 is 25.2 Å². The van der Waals surface area contributed by atoms with Crippen molar-refractivity contribution in [1.82, 2.24) is 10.2 Å². The van der Waals surface area contributed by atoms with Gasteiger partial charge in [0.15, 0.2) is 5.88 Å². The fraction of sp³-hybridized carbons (Fsp3) is 0.455. The molecule has 2 atom stereocenters. The fourth-order valence-electron chi connectivity index (χ4n) is 3.41. The van der Waals surface area contributed by atoms with Crippen LogP contribution in [0.1, 0.15) is 19.8 Å². The monoisotopic (exact) mass is 463 g/mol. The van der Waals surface area contributed by atoms with Crippen LogP contribution in [0.5, 0.6) is 0 Å². The number of thioether (sulfide) groups is 1. The average molecular weight is 464 g/mol. The Kier molecular flexibility index (Phi) is 8.15. The number of hydrogen-bond donors (Lipinski definition) is 3. The van der Waals surface area contributed by atoms with E-state index in [1.807, 2.05) is 54.1 Å². The van der Waals surface area contributed by atoms with E-state index in [2.05, 4.69) is 17.2 Å². The number of carbonyl (C=O) groups excluding carboxylic acids is 1. The van der Waals surface area contributed by atoms with Crippen molar-refractivity contribution >= 4 is 46.5 Å². The first-order valence-corrected chi connectivity index (χ1v) is 11.7. The van der Waals surface area contributed by atoms with E-state index in [-0.39, 0.29) is 17.3 Å². The van der Waals surface area contributed by atoms with Gasteiger partial charge in [0.1, 0.15) is 6.10 Å². The van der Waals surface area contributed by atoms with Crippen LogP contribution in [-0.2, 0) is 9.53 Å². The third-order valence-corrected chi connectivity index (χ3v) is 6.79. The first-order valence-electron chi connectivity index (χ1n) is 10.4. The summed E-state index contributed by atoms with van der Waals surface area (Å²) < 4.78 is 6.53. The number of nitrogens with zero attached hydrogens (tertiary/aromatic N) is 2. The standard InChI is InChI=1S/C22H30ClN5O2S/c1-4-21(24)27(3)12-11-25-16-5-7-17(8-6-16)28-14-18(30-15(28)2)13-26-22(29)19-9-10-20(23)31-19/h5-8,10,18-19,24-25H,2,4,9,11-14H2,1,3H3,(H,26,29)/t18-,19?/m0/s1. The van der Waals surface area contributed by atoms with E-state index >= 15 is 0 Å². The molecule has 1 aromatic rings. The van der Waals surface area contributed by atoms with Gasteiger partial charge in [-0.1, -0.05) is 24.6 Å². The van der Waals surface area contributed by atoms with Gasteiger partial charge in [0, 0.05) is 37.9 Å². The van der Waals surface area contributed by atoms with Crippen molar-refractivity contribution in [3.63, 3.8) is 0 Å². The zero-order valence-electron chi connectivity index (χ0n) is 18.0. The summed E-state index contributed by atoms with van der Waals surface area (Å²) in [5.41, 5.74) is 2.02. The Morgan fingerprint density at radius 3 is 2.81 bits per heavy atom. The quantitative estimate of drug-likeness (QED) is 0.382. The highest BCUT2D eigenvalue weighted by molar-refractivity contribution is 8.06. The van der Waals surface area contributed by atoms with Crippen LogP contribution in [0.25, 0.3) is 0 Å². The summed E-state index contributed by atoms with van der Waals surface area (Å²) in [5.74, 6) is 1.21. The summed E-state index contributed by atoms with van der Waals surface area (Å²) in [6.07, 6.45) is 3.13. The van der Waals surface area contributed by atoms with Gasteiger partial charge in [-0.3, -0.25) is 10.2 Å². The normalized spacial score (nSPS) is 20.3. The number of ether oxygens (including phenoxy) is 1. The van der Waals surface area contributed by atoms with E-state index in [0.717, 1.165) is 30.9 Å². The highest BCUT2D eigenvalue weighted by Crippen LogP contribution is 2.34. The largest absolute Gasteiger partial charge is 0.472 e. The van der Waals surface area contributed by atoms with Gasteiger partial charge in [-0.2, -0.15) is 0 Å². The molecule has 0 bridgehead atoms. The highest BCUT2D eigenvalue weighted by atomic mass is 35.5. The summed E-state index contributed by atoms with van der Waals surface area (Å²) in [5, 5.41) is 14.0. The Morgan fingerprint density at radius 1 is 1.42 bits per heavy atom. The molecule has 2 aliphatic rings. The van der Waals surface area contributed by atoms with Gasteiger partial charge in [0.25, 0.3) is 0 Å². The molecular weight excluding hydrogens is 434 g/mol. The molecule has 1 fully saturated rings. The maximum absolute atomic E-state index is 12.3. The van der Waals surface area contributed by atoms with Crippen LogP contribution in [0, 0.1) is 5.41 Å². The number of anilines is 2. The molecule has 31 heavy (non-hydrogen) atoms. The van der Waals surface area contributed by atoms with Crippen molar-refractivity contribution < 1.29 is 9.53 Å². The molecule has 1 aromatic carbocycles. The molecule has 9 heteroatoms. The Morgan fingerprint density at radius 2 is 2.16 bits per heavy atom. The molecule has 0 aliphatic carbocycles. The predicted octanol–water partition coefficient (Wildman–Crippen LogP) is 3.80. The zero-order chi connectivity index (χ0) is 22.4. The van der Waals surface area contributed by atoms with Crippen LogP contribution in [0.3, 0.4) is 0 Å². The zero-order valence-corrected chi connectivity index (χ0v) is 19.6. The molecule has 0 spiro atoms. The molecule has 3 N–H and O–H groups in total. The molecule has 0 aromatic heterocycles. The van der Waals surface area contributed by atoms with Crippen molar-refractivity contribution in [2.75, 3.05) is 43.4 Å². The van der Waals surface area contributed by atoms with Gasteiger partial charge in [0.05, 0.1) is 28.5 Å². The Balaban J connectivity index is 1.44. The number of benzene rings is 1. The lowest BCUT2D eigenvalue weighted by molar-refractivity contribution is -0.120. The van der Waals surface area contributed by atoms with Gasteiger partial charge in [0.2, 0.25) is 5.91 Å². The highest BCUT2D eigenvalue weighted by Gasteiger charge is 2.30. The molecule has 1 saturated heterocycles. The van der Waals surface area contributed by atoms with Gasteiger partial charge in [-0.05, 0) is 37.3 Å². The minimum atomic E-state index is -0.152. The van der Waals surface area contributed by atoms with Gasteiger partial charge >= 0.3 is 0 Å². The first-order chi connectivity index (χ1) is 14.9. The van der Waals surface area contributed by atoms with Crippen LogP contribution < -0.4 is 15.5 Å². The van der Waals surface area contributed by atoms with Gasteiger partial charge in [-0.25, -0.2) is 0 Å². The lowest BCUT2D eigenvalue weighted by Gasteiger charge is -2.20. The average Bonchev–Trinajstić information content (AvgIpc) is 3.37. The minimum Gasteiger partial charge on any atom is -0.472 e. The lowest BCUT2D eigenvalue weighted by Crippen LogP contribution is -2.38. The first kappa shape index (κ1) is 23.3. The second kappa shape index (κ2) is 10.8. The Hall–Kier alpha value is -2.32. The maximum atomic E-state index is 12.3. The van der Waals surface area contributed by atoms with E-state index in [1.165, 1.54) is 11.8 Å². The number of hydrogen-bond acceptors (Lipinski definition) is 6. The van der Waals surface area contributed by atoms with E-state index < -0.39 is 0 Å². The predicted molar refractivity (Wildman–Crippen MR) is 130 cm³/mol. The maximum Gasteiger partial charge on any atom is 0.233 e. The lowest BCUT2D eigenvalue weighted by atomic mass is 10.2. The molecule has 0 saturated carbocycles. The van der Waals surface area contributed by atoms with Crippen molar-refractivity contribution in [1.29, 1.82) is 5.41 Å². The van der Waals surface area contributed by atoms with E-state index in [1.54, 1.807) is 0 Å². The summed E-state index contributed by atoms with van der Waals surface area (Å²) >= 11 is 7.33. The topological polar surface area (TPSA) is 80.7 Å². The number of nitrogens with one attached hydrogen (secondary N) is 3. The molecular formula is C22H30ClN5O2S. The van der Waals surface area contributed by atoms with E-state index in [9.17, 15) is 4.79 Å². The summed E-state index contributed by atoms with van der Waals surface area (Å²) in [7, 11) is 1.94. The van der Waals surface area contributed by atoms with E-state index in [0.29, 0.717) is 35.6 Å². The molecule has 1 unspecified atom stereocenters. The summed E-state index contributed by atoms with van der Waals surface area (Å²) in [6.45, 7) is 8.61. The van der Waals surface area contributed by atoms with Crippen LogP contribution in [0.4, 0.5) is 11.4 Å². The van der Waals surface area contributed by atoms with Crippen molar-refractivity contribution in [3.8, 4) is 0 Å². The van der Waals surface area contributed by atoms with Crippen LogP contribution in [0.15, 0.2) is 47.2 Å².